The molecule has 2 heterocycles. The number of hydrogen-bond acceptors (Lipinski definition) is 2. The molecule has 0 aromatic carbocycles. The monoisotopic (exact) mass is 288 g/mol. The van der Waals surface area contributed by atoms with E-state index in [1.807, 2.05) is 6.92 Å². The Kier molecular flexibility index (Phi) is 3.72. The first-order chi connectivity index (χ1) is 8.59. The molecule has 0 aromatic heterocycles. The van der Waals surface area contributed by atoms with Gasteiger partial charge in [0.05, 0.1) is 12.0 Å². The standard InChI is InChI=1S/C15H28O3S/c1-14(2)7-5-9-19(4)11(14)6-8-15(3,18)12(19)10-13(16)17/h11-12,18H,5-10H2,1-4H3,(H,16,17)/t11-,12-,15+/m1/s1. The SMILES string of the molecule is CC1(C)CCCS2(C)[C@@H]1CC[C@](C)(O)[C@H]2CC(=O)O. The van der Waals surface area contributed by atoms with Crippen LogP contribution < -0.4 is 0 Å². The van der Waals surface area contributed by atoms with Crippen molar-refractivity contribution in [3.63, 3.8) is 0 Å². The molecule has 0 spiro atoms. The van der Waals surface area contributed by atoms with Crippen LogP contribution in [0.25, 0.3) is 0 Å². The summed E-state index contributed by atoms with van der Waals surface area (Å²) in [6.07, 6.45) is 6.67. The maximum Gasteiger partial charge on any atom is 0.304 e. The summed E-state index contributed by atoms with van der Waals surface area (Å²) in [5, 5.41) is 20.5. The summed E-state index contributed by atoms with van der Waals surface area (Å²) in [7, 11) is -1.06. The molecule has 2 fully saturated rings. The van der Waals surface area contributed by atoms with Crippen LogP contribution in [0.1, 0.15) is 52.9 Å². The Bertz CT molecular complexity index is 378. The Hall–Kier alpha value is -0.220. The fourth-order valence-electron chi connectivity index (χ4n) is 4.60. The summed E-state index contributed by atoms with van der Waals surface area (Å²) < 4.78 is 0. The lowest BCUT2D eigenvalue weighted by Gasteiger charge is -2.64. The Morgan fingerprint density at radius 3 is 2.53 bits per heavy atom. The number of rotatable bonds is 2. The lowest BCUT2D eigenvalue weighted by molar-refractivity contribution is -0.138. The molecule has 4 atom stereocenters. The number of aliphatic hydroxyl groups is 1. The number of fused-ring (bicyclic) bond motifs is 1. The Labute approximate surface area is 118 Å². The van der Waals surface area contributed by atoms with E-state index in [2.05, 4.69) is 20.1 Å². The van der Waals surface area contributed by atoms with Gasteiger partial charge in [-0.25, -0.2) is 10.0 Å². The minimum atomic E-state index is -1.06. The van der Waals surface area contributed by atoms with Gasteiger partial charge >= 0.3 is 5.97 Å². The van der Waals surface area contributed by atoms with Gasteiger partial charge in [0.15, 0.2) is 0 Å². The zero-order valence-corrected chi connectivity index (χ0v) is 13.4. The van der Waals surface area contributed by atoms with Gasteiger partial charge in [0, 0.05) is 5.25 Å². The largest absolute Gasteiger partial charge is 0.481 e. The number of hydrogen-bond donors (Lipinski definition) is 2. The van der Waals surface area contributed by atoms with Crippen LogP contribution in [-0.4, -0.2) is 44.3 Å². The molecule has 2 aliphatic heterocycles. The third kappa shape index (κ3) is 2.54. The zero-order valence-electron chi connectivity index (χ0n) is 12.6. The maximum atomic E-state index is 11.2. The van der Waals surface area contributed by atoms with Crippen LogP contribution in [0.15, 0.2) is 0 Å². The van der Waals surface area contributed by atoms with Gasteiger partial charge in [0.2, 0.25) is 0 Å². The highest BCUT2D eigenvalue weighted by Crippen LogP contribution is 2.70. The van der Waals surface area contributed by atoms with E-state index >= 15 is 0 Å². The van der Waals surface area contributed by atoms with E-state index in [0.717, 1.165) is 18.6 Å². The van der Waals surface area contributed by atoms with Crippen molar-refractivity contribution in [2.45, 2.75) is 69.0 Å². The average molecular weight is 288 g/mol. The summed E-state index contributed by atoms with van der Waals surface area (Å²) in [6, 6.07) is 0. The topological polar surface area (TPSA) is 57.5 Å². The number of carboxylic acid groups (broad SMARTS) is 1. The maximum absolute atomic E-state index is 11.2. The summed E-state index contributed by atoms with van der Waals surface area (Å²) >= 11 is 0. The smallest absolute Gasteiger partial charge is 0.304 e. The van der Waals surface area contributed by atoms with E-state index in [4.69, 9.17) is 0 Å². The molecular weight excluding hydrogens is 260 g/mol. The molecule has 0 aromatic rings. The van der Waals surface area contributed by atoms with Crippen LogP contribution in [0.4, 0.5) is 0 Å². The molecule has 3 nitrogen and oxygen atoms in total. The molecule has 19 heavy (non-hydrogen) atoms. The Balaban J connectivity index is 2.38. The average Bonchev–Trinajstić information content (AvgIpc) is 2.22. The molecule has 0 amide bonds. The van der Waals surface area contributed by atoms with E-state index in [1.54, 1.807) is 0 Å². The van der Waals surface area contributed by atoms with Crippen molar-refractivity contribution in [2.75, 3.05) is 12.0 Å². The Morgan fingerprint density at radius 1 is 1.32 bits per heavy atom. The van der Waals surface area contributed by atoms with Gasteiger partial charge in [-0.15, -0.1) is 0 Å². The van der Waals surface area contributed by atoms with Gasteiger partial charge in [-0.2, -0.15) is 0 Å². The van der Waals surface area contributed by atoms with Crippen molar-refractivity contribution in [3.05, 3.63) is 0 Å². The minimum absolute atomic E-state index is 0.0455. The van der Waals surface area contributed by atoms with Crippen LogP contribution >= 0.6 is 10.0 Å². The van der Waals surface area contributed by atoms with Crippen molar-refractivity contribution in [2.24, 2.45) is 5.41 Å². The first-order valence-corrected chi connectivity index (χ1v) is 9.61. The molecule has 2 aliphatic rings. The Morgan fingerprint density at radius 2 is 1.95 bits per heavy atom. The molecule has 0 radical (unpaired) electrons. The molecule has 2 saturated heterocycles. The minimum Gasteiger partial charge on any atom is -0.481 e. The molecule has 4 heteroatoms. The van der Waals surface area contributed by atoms with Crippen molar-refractivity contribution >= 4 is 16.0 Å². The number of carbonyl (C=O) groups is 1. The normalized spacial score (nSPS) is 48.9. The zero-order chi connectivity index (χ0) is 14.5. The molecule has 2 N–H and O–H groups in total. The lowest BCUT2D eigenvalue weighted by atomic mass is 9.79. The van der Waals surface area contributed by atoms with Crippen molar-refractivity contribution in [1.82, 2.24) is 0 Å². The second-order valence-corrected chi connectivity index (χ2v) is 11.5. The summed E-state index contributed by atoms with van der Waals surface area (Å²) in [4.78, 5) is 11.2. The second-order valence-electron chi connectivity index (χ2n) is 7.50. The number of carboxylic acids is 1. The lowest BCUT2D eigenvalue weighted by Crippen LogP contribution is -2.56. The van der Waals surface area contributed by atoms with Crippen molar-refractivity contribution in [3.8, 4) is 0 Å². The van der Waals surface area contributed by atoms with Crippen LogP contribution in [0.3, 0.4) is 0 Å². The second kappa shape index (κ2) is 4.66. The third-order valence-corrected chi connectivity index (χ3v) is 10.9. The van der Waals surface area contributed by atoms with Gasteiger partial charge in [-0.3, -0.25) is 4.79 Å². The van der Waals surface area contributed by atoms with Crippen LogP contribution in [-0.2, 0) is 4.79 Å². The van der Waals surface area contributed by atoms with Gasteiger partial charge in [0.1, 0.15) is 0 Å². The predicted octanol–water partition coefficient (Wildman–Crippen LogP) is 3.00. The third-order valence-electron chi connectivity index (χ3n) is 5.54. The van der Waals surface area contributed by atoms with Crippen LogP contribution in [0, 0.1) is 5.41 Å². The summed E-state index contributed by atoms with van der Waals surface area (Å²) in [5.74, 6) is 0.373. The summed E-state index contributed by atoms with van der Waals surface area (Å²) in [6.45, 7) is 6.52. The van der Waals surface area contributed by atoms with E-state index in [0.29, 0.717) is 10.7 Å². The first kappa shape index (κ1) is 15.2. The van der Waals surface area contributed by atoms with E-state index in [1.165, 1.54) is 12.8 Å². The van der Waals surface area contributed by atoms with Crippen LogP contribution in [0.5, 0.6) is 0 Å². The first-order valence-electron chi connectivity index (χ1n) is 7.27. The summed E-state index contributed by atoms with van der Waals surface area (Å²) in [5.41, 5.74) is -0.498. The molecule has 112 valence electrons. The highest BCUT2D eigenvalue weighted by atomic mass is 32.3. The van der Waals surface area contributed by atoms with Crippen molar-refractivity contribution in [1.29, 1.82) is 0 Å². The molecule has 0 bridgehead atoms. The highest BCUT2D eigenvalue weighted by molar-refractivity contribution is 8.34. The van der Waals surface area contributed by atoms with Gasteiger partial charge in [-0.05, 0) is 55.3 Å². The fraction of sp³-hybridized carbons (Fsp3) is 0.933. The molecule has 0 aliphatic carbocycles. The van der Waals surface area contributed by atoms with Crippen LogP contribution in [0.2, 0.25) is 0 Å². The number of aliphatic carboxylic acids is 1. The van der Waals surface area contributed by atoms with Crippen molar-refractivity contribution < 1.29 is 15.0 Å². The molecule has 0 saturated carbocycles. The van der Waals surface area contributed by atoms with Gasteiger partial charge in [0.25, 0.3) is 0 Å². The van der Waals surface area contributed by atoms with Gasteiger partial charge < -0.3 is 10.2 Å². The quantitative estimate of drug-likeness (QED) is 0.821. The highest BCUT2D eigenvalue weighted by Gasteiger charge is 2.55. The van der Waals surface area contributed by atoms with E-state index in [9.17, 15) is 15.0 Å². The molecule has 1 unspecified atom stereocenters. The predicted molar refractivity (Wildman–Crippen MR) is 81.1 cm³/mol. The van der Waals surface area contributed by atoms with E-state index in [-0.39, 0.29) is 11.7 Å². The fourth-order valence-corrected chi connectivity index (χ4v) is 10.4. The molecule has 2 rings (SSSR count). The van der Waals surface area contributed by atoms with Gasteiger partial charge in [-0.1, -0.05) is 13.8 Å². The molecular formula is C15H28O3S. The van der Waals surface area contributed by atoms with E-state index < -0.39 is 21.6 Å².